The molecule has 29 heavy (non-hydrogen) atoms. The molecule has 0 spiro atoms. The summed E-state index contributed by atoms with van der Waals surface area (Å²) in [7, 11) is 6.15. The van der Waals surface area contributed by atoms with Gasteiger partial charge in [-0.2, -0.15) is 0 Å². The van der Waals surface area contributed by atoms with Gasteiger partial charge in [0.1, 0.15) is 11.5 Å². The summed E-state index contributed by atoms with van der Waals surface area (Å²) >= 11 is 1.26. The van der Waals surface area contributed by atoms with E-state index in [4.69, 9.17) is 9.47 Å². The second kappa shape index (κ2) is 8.83. The number of ether oxygens (including phenoxy) is 3. The molecule has 2 aromatic carbocycles. The van der Waals surface area contributed by atoms with Gasteiger partial charge in [0, 0.05) is 12.6 Å². The molecule has 1 aliphatic rings. The Morgan fingerprint density at radius 1 is 1.07 bits per heavy atom. The molecule has 0 radical (unpaired) electrons. The third-order valence-corrected chi connectivity index (χ3v) is 5.30. The predicted molar refractivity (Wildman–Crippen MR) is 113 cm³/mol. The van der Waals surface area contributed by atoms with Gasteiger partial charge in [-0.05, 0) is 60.3 Å². The fourth-order valence-electron chi connectivity index (χ4n) is 2.65. The summed E-state index contributed by atoms with van der Waals surface area (Å²) in [5.74, 6) is 0.730. The highest BCUT2D eigenvalue weighted by Gasteiger charge is 2.30. The summed E-state index contributed by atoms with van der Waals surface area (Å²) in [4.78, 5) is 30.7. The zero-order valence-electron chi connectivity index (χ0n) is 16.5. The van der Waals surface area contributed by atoms with E-state index in [1.165, 1.54) is 23.8 Å². The fourth-order valence-corrected chi connectivity index (χ4v) is 3.62. The normalized spacial score (nSPS) is 16.4. The maximum atomic E-state index is 12.7. The largest absolute Gasteiger partial charge is 0.497 e. The zero-order chi connectivity index (χ0) is 21.0. The lowest BCUT2D eigenvalue weighted by atomic mass is 10.1. The van der Waals surface area contributed by atoms with Crippen LogP contribution in [0, 0.1) is 0 Å². The van der Waals surface area contributed by atoms with Crippen LogP contribution in [0.2, 0.25) is 0 Å². The van der Waals surface area contributed by atoms with Crippen molar-refractivity contribution in [2.75, 3.05) is 28.4 Å². The van der Waals surface area contributed by atoms with Crippen molar-refractivity contribution in [1.82, 2.24) is 4.90 Å². The summed E-state index contributed by atoms with van der Waals surface area (Å²) in [5, 5.41) is 0.536. The molecular formula is C21H20N2O5S. The minimum Gasteiger partial charge on any atom is -0.497 e. The average Bonchev–Trinajstić information content (AvgIpc) is 3.01. The molecule has 7 nitrogen and oxygen atoms in total. The van der Waals surface area contributed by atoms with E-state index >= 15 is 0 Å². The van der Waals surface area contributed by atoms with Crippen LogP contribution in [0.4, 0.5) is 5.69 Å². The summed E-state index contributed by atoms with van der Waals surface area (Å²) in [6.07, 6.45) is 1.76. The van der Waals surface area contributed by atoms with Crippen LogP contribution in [-0.2, 0) is 9.53 Å². The molecule has 150 valence electrons. The maximum Gasteiger partial charge on any atom is 0.337 e. The van der Waals surface area contributed by atoms with Crippen LogP contribution >= 0.6 is 11.8 Å². The highest BCUT2D eigenvalue weighted by molar-refractivity contribution is 8.18. The van der Waals surface area contributed by atoms with Crippen LogP contribution in [0.15, 0.2) is 52.4 Å². The van der Waals surface area contributed by atoms with Crippen molar-refractivity contribution in [3.63, 3.8) is 0 Å². The van der Waals surface area contributed by atoms with E-state index < -0.39 is 5.97 Å². The topological polar surface area (TPSA) is 77.4 Å². The number of hydrogen-bond acceptors (Lipinski definition) is 7. The van der Waals surface area contributed by atoms with Crippen molar-refractivity contribution < 1.29 is 23.8 Å². The minimum atomic E-state index is -0.413. The number of hydrogen-bond donors (Lipinski definition) is 0. The summed E-state index contributed by atoms with van der Waals surface area (Å²) in [5.41, 5.74) is 1.80. The van der Waals surface area contributed by atoms with Gasteiger partial charge in [-0.3, -0.25) is 9.69 Å². The molecule has 0 N–H and O–H groups in total. The molecule has 1 amide bonds. The Labute approximate surface area is 173 Å². The first-order valence-corrected chi connectivity index (χ1v) is 9.45. The van der Waals surface area contributed by atoms with Gasteiger partial charge in [-0.15, -0.1) is 0 Å². The van der Waals surface area contributed by atoms with E-state index in [1.54, 1.807) is 69.8 Å². The Bertz CT molecular complexity index is 999. The average molecular weight is 412 g/mol. The van der Waals surface area contributed by atoms with E-state index in [9.17, 15) is 9.59 Å². The number of amidine groups is 1. The summed E-state index contributed by atoms with van der Waals surface area (Å²) < 4.78 is 15.3. The molecule has 0 aliphatic carbocycles. The number of thioether (sulfide) groups is 1. The quantitative estimate of drug-likeness (QED) is 0.550. The molecule has 0 bridgehead atoms. The third kappa shape index (κ3) is 4.43. The standard InChI is InChI=1S/C21H20N2O5S/c1-23-19(24)18(12-14-11-16(26-2)9-10-17(14)27-3)29-21(23)22-15-7-5-13(6-8-15)20(25)28-4/h5-12H,1-4H3/b18-12+,22-21?. The van der Waals surface area contributed by atoms with Crippen LogP contribution in [0.25, 0.3) is 6.08 Å². The van der Waals surface area contributed by atoms with Crippen molar-refractivity contribution in [1.29, 1.82) is 0 Å². The van der Waals surface area contributed by atoms with Crippen molar-refractivity contribution in [2.45, 2.75) is 0 Å². The highest BCUT2D eigenvalue weighted by Crippen LogP contribution is 2.35. The van der Waals surface area contributed by atoms with E-state index in [-0.39, 0.29) is 5.91 Å². The second-order valence-electron chi connectivity index (χ2n) is 6.02. The Balaban J connectivity index is 1.89. The number of amides is 1. The van der Waals surface area contributed by atoms with Crippen LogP contribution < -0.4 is 9.47 Å². The monoisotopic (exact) mass is 412 g/mol. The Kier molecular flexibility index (Phi) is 6.23. The molecule has 1 heterocycles. The first-order chi connectivity index (χ1) is 14.0. The Morgan fingerprint density at radius 2 is 1.79 bits per heavy atom. The van der Waals surface area contributed by atoms with E-state index in [1.807, 2.05) is 0 Å². The van der Waals surface area contributed by atoms with Crippen molar-refractivity contribution in [2.24, 2.45) is 4.99 Å². The molecule has 8 heteroatoms. The molecule has 2 aromatic rings. The highest BCUT2D eigenvalue weighted by atomic mass is 32.2. The van der Waals surface area contributed by atoms with Gasteiger partial charge in [0.05, 0.1) is 37.5 Å². The lowest BCUT2D eigenvalue weighted by Crippen LogP contribution is -2.23. The van der Waals surface area contributed by atoms with Crippen molar-refractivity contribution in [3.8, 4) is 11.5 Å². The molecule has 0 atom stereocenters. The third-order valence-electron chi connectivity index (χ3n) is 4.24. The summed E-state index contributed by atoms with van der Waals surface area (Å²) in [6, 6.07) is 12.0. The van der Waals surface area contributed by atoms with Crippen LogP contribution in [-0.4, -0.2) is 50.3 Å². The molecule has 0 aromatic heterocycles. The molecular weight excluding hydrogens is 392 g/mol. The number of benzene rings is 2. The molecule has 1 saturated heterocycles. The second-order valence-corrected chi connectivity index (χ2v) is 7.02. The lowest BCUT2D eigenvalue weighted by molar-refractivity contribution is -0.121. The molecule has 1 aliphatic heterocycles. The van der Waals surface area contributed by atoms with Gasteiger partial charge in [-0.1, -0.05) is 0 Å². The van der Waals surface area contributed by atoms with Gasteiger partial charge in [0.2, 0.25) is 0 Å². The molecule has 0 saturated carbocycles. The van der Waals surface area contributed by atoms with Gasteiger partial charge in [0.25, 0.3) is 5.91 Å². The first kappa shape index (κ1) is 20.5. The molecule has 0 unspecified atom stereocenters. The summed E-state index contributed by atoms with van der Waals surface area (Å²) in [6.45, 7) is 0. The number of aliphatic imine (C=N–C) groups is 1. The smallest absolute Gasteiger partial charge is 0.337 e. The molecule has 3 rings (SSSR count). The number of carbonyl (C=O) groups is 2. The van der Waals surface area contributed by atoms with Gasteiger partial charge < -0.3 is 14.2 Å². The van der Waals surface area contributed by atoms with Gasteiger partial charge >= 0.3 is 5.97 Å². The number of rotatable bonds is 5. The number of esters is 1. The SMILES string of the molecule is COC(=O)c1ccc(N=C2S/C(=C/c3cc(OC)ccc3OC)C(=O)N2C)cc1. The van der Waals surface area contributed by atoms with E-state index in [0.717, 1.165) is 5.56 Å². The number of carbonyl (C=O) groups excluding carboxylic acids is 2. The van der Waals surface area contributed by atoms with Crippen molar-refractivity contribution >= 4 is 40.6 Å². The number of likely N-dealkylation sites (N-methyl/N-ethyl adjacent to an activating group) is 1. The van der Waals surface area contributed by atoms with Crippen molar-refractivity contribution in [3.05, 3.63) is 58.5 Å². The maximum absolute atomic E-state index is 12.7. The number of nitrogens with zero attached hydrogens (tertiary/aromatic N) is 2. The van der Waals surface area contributed by atoms with Crippen LogP contribution in [0.1, 0.15) is 15.9 Å². The first-order valence-electron chi connectivity index (χ1n) is 8.63. The van der Waals surface area contributed by atoms with Gasteiger partial charge in [0.15, 0.2) is 5.17 Å². The van der Waals surface area contributed by atoms with E-state index in [0.29, 0.717) is 32.8 Å². The van der Waals surface area contributed by atoms with Gasteiger partial charge in [-0.25, -0.2) is 9.79 Å². The number of methoxy groups -OCH3 is 3. The molecule has 1 fully saturated rings. The van der Waals surface area contributed by atoms with Crippen LogP contribution in [0.3, 0.4) is 0 Å². The van der Waals surface area contributed by atoms with Crippen LogP contribution in [0.5, 0.6) is 11.5 Å². The lowest BCUT2D eigenvalue weighted by Gasteiger charge is -2.08. The zero-order valence-corrected chi connectivity index (χ0v) is 17.3. The Morgan fingerprint density at radius 3 is 2.41 bits per heavy atom. The Hall–Kier alpha value is -3.26. The minimum absolute atomic E-state index is 0.162. The van der Waals surface area contributed by atoms with E-state index in [2.05, 4.69) is 9.73 Å². The predicted octanol–water partition coefficient (Wildman–Crippen LogP) is 3.72. The fraction of sp³-hybridized carbons (Fsp3) is 0.190.